The number of carbonyl (C=O) groups is 2. The molecular formula is C13H17N3O3. The number of ether oxygens (including phenoxy) is 1. The van der Waals surface area contributed by atoms with E-state index in [1.165, 1.54) is 4.90 Å². The molecule has 0 unspecified atom stereocenters. The highest BCUT2D eigenvalue weighted by atomic mass is 16.5. The van der Waals surface area contributed by atoms with E-state index in [9.17, 15) is 9.59 Å². The Labute approximate surface area is 111 Å². The van der Waals surface area contributed by atoms with E-state index in [4.69, 9.17) is 10.5 Å². The predicted molar refractivity (Wildman–Crippen MR) is 72.0 cm³/mol. The normalized spacial score (nSPS) is 13.8. The van der Waals surface area contributed by atoms with Crippen molar-refractivity contribution in [1.82, 2.24) is 4.90 Å². The summed E-state index contributed by atoms with van der Waals surface area (Å²) < 4.78 is 5.33. The molecule has 0 saturated carbocycles. The predicted octanol–water partition coefficient (Wildman–Crippen LogP) is 0.473. The number of nitrogen functional groups attached to an aromatic ring is 1. The van der Waals surface area contributed by atoms with E-state index in [-0.39, 0.29) is 24.8 Å². The van der Waals surface area contributed by atoms with Crippen molar-refractivity contribution in [2.45, 2.75) is 6.42 Å². The summed E-state index contributed by atoms with van der Waals surface area (Å²) in [5.74, 6) is 0.431. The first kappa shape index (κ1) is 13.2. The molecule has 102 valence electrons. The Kier molecular flexibility index (Phi) is 3.59. The van der Waals surface area contributed by atoms with Gasteiger partial charge in [0, 0.05) is 32.7 Å². The van der Waals surface area contributed by atoms with E-state index in [1.54, 1.807) is 37.2 Å². The molecule has 2 N–H and O–H groups in total. The average molecular weight is 263 g/mol. The highest BCUT2D eigenvalue weighted by Gasteiger charge is 2.26. The number of anilines is 2. The van der Waals surface area contributed by atoms with Crippen LogP contribution in [0.5, 0.6) is 5.75 Å². The molecule has 1 aromatic rings. The molecule has 19 heavy (non-hydrogen) atoms. The van der Waals surface area contributed by atoms with Gasteiger partial charge in [0.25, 0.3) is 5.91 Å². The van der Waals surface area contributed by atoms with E-state index in [1.807, 2.05) is 0 Å². The van der Waals surface area contributed by atoms with Crippen LogP contribution in [0.4, 0.5) is 11.4 Å². The van der Waals surface area contributed by atoms with Crippen LogP contribution >= 0.6 is 0 Å². The van der Waals surface area contributed by atoms with E-state index in [0.29, 0.717) is 23.7 Å². The van der Waals surface area contributed by atoms with Gasteiger partial charge in [0.05, 0.1) is 5.69 Å². The van der Waals surface area contributed by atoms with E-state index in [2.05, 4.69) is 0 Å². The summed E-state index contributed by atoms with van der Waals surface area (Å²) in [6, 6.07) is 5.14. The van der Waals surface area contributed by atoms with Gasteiger partial charge < -0.3 is 20.3 Å². The number of nitrogens with two attached hydrogens (primary N) is 1. The van der Waals surface area contributed by atoms with Gasteiger partial charge in [-0.05, 0) is 18.2 Å². The molecule has 2 rings (SSSR count). The number of hydrogen-bond acceptors (Lipinski definition) is 4. The topological polar surface area (TPSA) is 75.9 Å². The standard InChI is InChI=1S/C13H17N3O3/c1-15(2)12(17)5-6-16-10-7-9(14)3-4-11(10)19-8-13(16)18/h3-4,7H,5-6,8,14H2,1-2H3. The van der Waals surface area contributed by atoms with Gasteiger partial charge in [-0.3, -0.25) is 9.59 Å². The minimum atomic E-state index is -0.162. The number of rotatable bonds is 3. The summed E-state index contributed by atoms with van der Waals surface area (Å²) in [4.78, 5) is 26.5. The van der Waals surface area contributed by atoms with Crippen LogP contribution in [-0.4, -0.2) is 44.0 Å². The van der Waals surface area contributed by atoms with Gasteiger partial charge in [0.15, 0.2) is 6.61 Å². The Balaban J connectivity index is 2.18. The largest absolute Gasteiger partial charge is 0.482 e. The van der Waals surface area contributed by atoms with Gasteiger partial charge in [-0.15, -0.1) is 0 Å². The lowest BCUT2D eigenvalue weighted by Gasteiger charge is -2.29. The van der Waals surface area contributed by atoms with Crippen LogP contribution in [0, 0.1) is 0 Å². The third-order valence-corrected chi connectivity index (χ3v) is 2.97. The van der Waals surface area contributed by atoms with Gasteiger partial charge in [-0.2, -0.15) is 0 Å². The molecule has 0 saturated heterocycles. The van der Waals surface area contributed by atoms with Crippen molar-refractivity contribution in [2.75, 3.05) is 37.9 Å². The number of amides is 2. The van der Waals surface area contributed by atoms with Crippen LogP contribution in [0.25, 0.3) is 0 Å². The molecular weight excluding hydrogens is 246 g/mol. The fraction of sp³-hybridized carbons (Fsp3) is 0.385. The molecule has 1 heterocycles. The summed E-state index contributed by atoms with van der Waals surface area (Å²) in [5, 5.41) is 0. The Morgan fingerprint density at radius 3 is 2.89 bits per heavy atom. The lowest BCUT2D eigenvalue weighted by atomic mass is 10.2. The quantitative estimate of drug-likeness (QED) is 0.804. The highest BCUT2D eigenvalue weighted by Crippen LogP contribution is 2.33. The molecule has 0 aromatic heterocycles. The Hall–Kier alpha value is -2.24. The number of fused-ring (bicyclic) bond motifs is 1. The van der Waals surface area contributed by atoms with Gasteiger partial charge in [-0.25, -0.2) is 0 Å². The summed E-state index contributed by atoms with van der Waals surface area (Å²) in [6.07, 6.45) is 0.271. The highest BCUT2D eigenvalue weighted by molar-refractivity contribution is 5.98. The first-order chi connectivity index (χ1) is 8.99. The third-order valence-electron chi connectivity index (χ3n) is 2.97. The molecule has 1 aliphatic rings. The van der Waals surface area contributed by atoms with Crippen molar-refractivity contribution >= 4 is 23.2 Å². The summed E-state index contributed by atoms with van der Waals surface area (Å²) in [7, 11) is 3.38. The lowest BCUT2D eigenvalue weighted by molar-refractivity contribution is -0.128. The molecule has 2 amide bonds. The number of benzene rings is 1. The van der Waals surface area contributed by atoms with Crippen LogP contribution in [0.1, 0.15) is 6.42 Å². The van der Waals surface area contributed by atoms with Crippen LogP contribution in [-0.2, 0) is 9.59 Å². The van der Waals surface area contributed by atoms with Gasteiger partial charge in [-0.1, -0.05) is 0 Å². The monoisotopic (exact) mass is 263 g/mol. The van der Waals surface area contributed by atoms with Gasteiger partial charge in [0.2, 0.25) is 5.91 Å². The van der Waals surface area contributed by atoms with Gasteiger partial charge in [0.1, 0.15) is 5.75 Å². The van der Waals surface area contributed by atoms with Crippen molar-refractivity contribution < 1.29 is 14.3 Å². The Morgan fingerprint density at radius 2 is 2.21 bits per heavy atom. The van der Waals surface area contributed by atoms with Crippen LogP contribution in [0.2, 0.25) is 0 Å². The van der Waals surface area contributed by atoms with E-state index < -0.39 is 0 Å². The second-order valence-electron chi connectivity index (χ2n) is 4.60. The Bertz CT molecular complexity index is 514. The molecule has 0 radical (unpaired) electrons. The first-order valence-corrected chi connectivity index (χ1v) is 6.02. The van der Waals surface area contributed by atoms with Crippen LogP contribution in [0.3, 0.4) is 0 Å². The summed E-state index contributed by atoms with van der Waals surface area (Å²) in [6.45, 7) is 0.322. The SMILES string of the molecule is CN(C)C(=O)CCN1C(=O)COc2ccc(N)cc21. The second-order valence-corrected chi connectivity index (χ2v) is 4.60. The van der Waals surface area contributed by atoms with Crippen molar-refractivity contribution in [3.8, 4) is 5.75 Å². The zero-order valence-corrected chi connectivity index (χ0v) is 11.0. The number of hydrogen-bond donors (Lipinski definition) is 1. The summed E-state index contributed by atoms with van der Waals surface area (Å²) in [5.41, 5.74) is 6.91. The van der Waals surface area contributed by atoms with Crippen molar-refractivity contribution in [3.63, 3.8) is 0 Å². The van der Waals surface area contributed by atoms with Crippen molar-refractivity contribution in [1.29, 1.82) is 0 Å². The van der Waals surface area contributed by atoms with Gasteiger partial charge >= 0.3 is 0 Å². The van der Waals surface area contributed by atoms with Crippen LogP contribution < -0.4 is 15.4 Å². The van der Waals surface area contributed by atoms with Crippen molar-refractivity contribution in [2.24, 2.45) is 0 Å². The van der Waals surface area contributed by atoms with E-state index in [0.717, 1.165) is 0 Å². The third kappa shape index (κ3) is 2.78. The maximum atomic E-state index is 11.9. The first-order valence-electron chi connectivity index (χ1n) is 6.02. The number of nitrogens with zero attached hydrogens (tertiary/aromatic N) is 2. The molecule has 1 aromatic carbocycles. The summed E-state index contributed by atoms with van der Waals surface area (Å²) >= 11 is 0. The molecule has 0 fully saturated rings. The Morgan fingerprint density at radius 1 is 1.47 bits per heavy atom. The second kappa shape index (κ2) is 5.17. The minimum Gasteiger partial charge on any atom is -0.482 e. The molecule has 6 heteroatoms. The fourth-order valence-electron chi connectivity index (χ4n) is 1.90. The zero-order valence-electron chi connectivity index (χ0n) is 11.0. The maximum Gasteiger partial charge on any atom is 0.265 e. The molecule has 6 nitrogen and oxygen atoms in total. The van der Waals surface area contributed by atoms with E-state index >= 15 is 0 Å². The number of carbonyl (C=O) groups excluding carboxylic acids is 2. The molecule has 0 spiro atoms. The van der Waals surface area contributed by atoms with Crippen molar-refractivity contribution in [3.05, 3.63) is 18.2 Å². The molecule has 0 aliphatic carbocycles. The zero-order chi connectivity index (χ0) is 14.0. The average Bonchev–Trinajstić information content (AvgIpc) is 2.37. The lowest BCUT2D eigenvalue weighted by Crippen LogP contribution is -2.41. The molecule has 0 atom stereocenters. The maximum absolute atomic E-state index is 11.9. The molecule has 0 bridgehead atoms. The fourth-order valence-corrected chi connectivity index (χ4v) is 1.90. The minimum absolute atomic E-state index is 0.00687. The smallest absolute Gasteiger partial charge is 0.265 e. The van der Waals surface area contributed by atoms with Crippen LogP contribution in [0.15, 0.2) is 18.2 Å². The molecule has 1 aliphatic heterocycles.